The van der Waals surface area contributed by atoms with E-state index in [4.69, 9.17) is 0 Å². The predicted molar refractivity (Wildman–Crippen MR) is 97.0 cm³/mol. The molecule has 0 saturated heterocycles. The van der Waals surface area contributed by atoms with Gasteiger partial charge in [0.1, 0.15) is 5.69 Å². The Hall–Kier alpha value is -2.22. The number of aromatic nitrogens is 3. The molecule has 0 aliphatic carbocycles. The molecule has 0 bridgehead atoms. The van der Waals surface area contributed by atoms with Crippen molar-refractivity contribution in [3.8, 4) is 11.4 Å². The minimum Gasteiger partial charge on any atom is -0.350 e. The van der Waals surface area contributed by atoms with Crippen LogP contribution in [-0.2, 0) is 6.54 Å². The molecule has 1 N–H and O–H groups in total. The average Bonchev–Trinajstić information content (AvgIpc) is 3.05. The Kier molecular flexibility index (Phi) is 5.02. The van der Waals surface area contributed by atoms with Crippen LogP contribution < -0.4 is 5.32 Å². The molecule has 1 amide bonds. The summed E-state index contributed by atoms with van der Waals surface area (Å²) in [5.74, 6) is -0.0629. The van der Waals surface area contributed by atoms with E-state index in [1.54, 1.807) is 10.9 Å². The van der Waals surface area contributed by atoms with Gasteiger partial charge in [0.2, 0.25) is 0 Å². The summed E-state index contributed by atoms with van der Waals surface area (Å²) in [6.45, 7) is 1.13. The molecular weight excluding hydrogens is 403 g/mol. The second-order valence-corrected chi connectivity index (χ2v) is 6.08. The lowest BCUT2D eigenvalue weighted by molar-refractivity contribution is 0.0951. The van der Waals surface area contributed by atoms with E-state index < -0.39 is 0 Å². The van der Waals surface area contributed by atoms with Crippen molar-refractivity contribution >= 4 is 28.5 Å². The third kappa shape index (κ3) is 3.95. The lowest BCUT2D eigenvalue weighted by atomic mass is 10.2. The quantitative estimate of drug-likeness (QED) is 0.649. The molecule has 23 heavy (non-hydrogen) atoms. The number of nitrogens with zero attached hydrogens (tertiary/aromatic N) is 3. The highest BCUT2D eigenvalue weighted by Crippen LogP contribution is 2.13. The summed E-state index contributed by atoms with van der Waals surface area (Å²) in [5.41, 5.74) is 2.37. The maximum absolute atomic E-state index is 12.1. The fourth-order valence-corrected chi connectivity index (χ4v) is 2.79. The number of carbonyl (C=O) groups excluding carboxylic acids is 1. The van der Waals surface area contributed by atoms with Crippen LogP contribution in [0.2, 0.25) is 0 Å². The number of halogens is 1. The van der Waals surface area contributed by atoms with Gasteiger partial charge in [-0.2, -0.15) is 5.10 Å². The van der Waals surface area contributed by atoms with Gasteiger partial charge in [0.15, 0.2) is 0 Å². The van der Waals surface area contributed by atoms with Gasteiger partial charge >= 0.3 is 0 Å². The Balaban J connectivity index is 1.56. The van der Waals surface area contributed by atoms with Gasteiger partial charge in [-0.3, -0.25) is 14.5 Å². The van der Waals surface area contributed by atoms with Gasteiger partial charge < -0.3 is 5.32 Å². The molecule has 6 heteroatoms. The van der Waals surface area contributed by atoms with Crippen LogP contribution in [0.1, 0.15) is 10.4 Å². The lowest BCUT2D eigenvalue weighted by Crippen LogP contribution is -2.28. The molecule has 2 aromatic heterocycles. The Morgan fingerprint density at radius 3 is 2.70 bits per heavy atom. The van der Waals surface area contributed by atoms with Gasteiger partial charge in [-0.15, -0.1) is 0 Å². The Bertz CT molecular complexity index is 801. The summed E-state index contributed by atoms with van der Waals surface area (Å²) in [6, 6.07) is 15.2. The topological polar surface area (TPSA) is 59.8 Å². The molecule has 0 fully saturated rings. The minimum absolute atomic E-state index is 0.0629. The zero-order valence-electron chi connectivity index (χ0n) is 12.3. The SMILES string of the molecule is O=C(NCCn1ccc(-c2ccccn2)n1)c1ccccc1I. The van der Waals surface area contributed by atoms with Crippen molar-refractivity contribution in [3.05, 3.63) is 70.1 Å². The minimum atomic E-state index is -0.0629. The third-order valence-electron chi connectivity index (χ3n) is 3.31. The van der Waals surface area contributed by atoms with Gasteiger partial charge in [0.25, 0.3) is 5.91 Å². The first-order chi connectivity index (χ1) is 11.2. The summed E-state index contributed by atoms with van der Waals surface area (Å²) in [7, 11) is 0. The first kappa shape index (κ1) is 15.7. The molecule has 116 valence electrons. The molecule has 0 unspecified atom stereocenters. The van der Waals surface area contributed by atoms with E-state index in [1.165, 1.54) is 0 Å². The number of amides is 1. The van der Waals surface area contributed by atoms with Crippen molar-refractivity contribution in [2.24, 2.45) is 0 Å². The first-order valence-electron chi connectivity index (χ1n) is 7.21. The Morgan fingerprint density at radius 1 is 1.09 bits per heavy atom. The largest absolute Gasteiger partial charge is 0.350 e. The van der Waals surface area contributed by atoms with Crippen molar-refractivity contribution in [2.45, 2.75) is 6.54 Å². The van der Waals surface area contributed by atoms with E-state index in [2.05, 4.69) is 38.0 Å². The van der Waals surface area contributed by atoms with Gasteiger partial charge in [0.05, 0.1) is 17.8 Å². The van der Waals surface area contributed by atoms with E-state index in [9.17, 15) is 4.79 Å². The molecule has 3 aromatic rings. The smallest absolute Gasteiger partial charge is 0.252 e. The van der Waals surface area contributed by atoms with Crippen LogP contribution in [0.15, 0.2) is 60.9 Å². The van der Waals surface area contributed by atoms with Crippen LogP contribution in [0.3, 0.4) is 0 Å². The summed E-state index contributed by atoms with van der Waals surface area (Å²) in [4.78, 5) is 16.4. The van der Waals surface area contributed by atoms with E-state index in [-0.39, 0.29) is 5.91 Å². The molecule has 0 saturated carbocycles. The van der Waals surface area contributed by atoms with Crippen molar-refractivity contribution in [1.82, 2.24) is 20.1 Å². The second-order valence-electron chi connectivity index (χ2n) is 4.91. The summed E-state index contributed by atoms with van der Waals surface area (Å²) in [6.07, 6.45) is 3.64. The van der Waals surface area contributed by atoms with Crippen LogP contribution in [0, 0.1) is 3.57 Å². The number of hydrogen-bond donors (Lipinski definition) is 1. The molecule has 0 aliphatic heterocycles. The molecule has 3 rings (SSSR count). The van der Waals surface area contributed by atoms with Crippen molar-refractivity contribution in [2.75, 3.05) is 6.54 Å². The highest BCUT2D eigenvalue weighted by atomic mass is 127. The summed E-state index contributed by atoms with van der Waals surface area (Å²) < 4.78 is 2.75. The molecule has 1 aromatic carbocycles. The van der Waals surface area contributed by atoms with Crippen LogP contribution in [0.25, 0.3) is 11.4 Å². The van der Waals surface area contributed by atoms with Gasteiger partial charge in [-0.05, 0) is 52.9 Å². The lowest BCUT2D eigenvalue weighted by Gasteiger charge is -2.07. The zero-order valence-corrected chi connectivity index (χ0v) is 14.5. The maximum Gasteiger partial charge on any atom is 0.252 e. The van der Waals surface area contributed by atoms with Crippen LogP contribution in [0.4, 0.5) is 0 Å². The monoisotopic (exact) mass is 418 g/mol. The van der Waals surface area contributed by atoms with Crippen molar-refractivity contribution < 1.29 is 4.79 Å². The van der Waals surface area contributed by atoms with E-state index >= 15 is 0 Å². The summed E-state index contributed by atoms with van der Waals surface area (Å²) >= 11 is 2.16. The molecule has 2 heterocycles. The standard InChI is InChI=1S/C17H15IN4O/c18-14-6-2-1-5-13(14)17(23)20-10-12-22-11-8-16(21-22)15-7-3-4-9-19-15/h1-9,11H,10,12H2,(H,20,23). The van der Waals surface area contributed by atoms with Gasteiger partial charge in [-0.25, -0.2) is 0 Å². The summed E-state index contributed by atoms with van der Waals surface area (Å²) in [5, 5.41) is 7.39. The Morgan fingerprint density at radius 2 is 1.91 bits per heavy atom. The normalized spacial score (nSPS) is 10.5. The average molecular weight is 418 g/mol. The Labute approximate surface area is 147 Å². The zero-order chi connectivity index (χ0) is 16.1. The molecule has 0 spiro atoms. The van der Waals surface area contributed by atoms with E-state index in [0.29, 0.717) is 18.7 Å². The van der Waals surface area contributed by atoms with Crippen LogP contribution in [0.5, 0.6) is 0 Å². The van der Waals surface area contributed by atoms with Crippen LogP contribution in [-0.4, -0.2) is 27.2 Å². The maximum atomic E-state index is 12.1. The highest BCUT2D eigenvalue weighted by molar-refractivity contribution is 14.1. The number of hydrogen-bond acceptors (Lipinski definition) is 3. The van der Waals surface area contributed by atoms with Crippen molar-refractivity contribution in [1.29, 1.82) is 0 Å². The highest BCUT2D eigenvalue weighted by Gasteiger charge is 2.08. The number of nitrogens with one attached hydrogen (secondary N) is 1. The van der Waals surface area contributed by atoms with E-state index in [1.807, 2.05) is 54.7 Å². The number of benzene rings is 1. The third-order valence-corrected chi connectivity index (χ3v) is 4.25. The molecular formula is C17H15IN4O. The second kappa shape index (κ2) is 7.36. The first-order valence-corrected chi connectivity index (χ1v) is 8.29. The van der Waals surface area contributed by atoms with Crippen LogP contribution >= 0.6 is 22.6 Å². The van der Waals surface area contributed by atoms with Crippen molar-refractivity contribution in [3.63, 3.8) is 0 Å². The predicted octanol–water partition coefficient (Wildman–Crippen LogP) is 2.98. The van der Waals surface area contributed by atoms with Gasteiger partial charge in [0, 0.05) is 22.5 Å². The number of rotatable bonds is 5. The fourth-order valence-electron chi connectivity index (χ4n) is 2.16. The van der Waals surface area contributed by atoms with E-state index in [0.717, 1.165) is 15.0 Å². The molecule has 0 aliphatic rings. The molecule has 0 radical (unpaired) electrons. The van der Waals surface area contributed by atoms with Gasteiger partial charge in [-0.1, -0.05) is 18.2 Å². The fraction of sp³-hybridized carbons (Fsp3) is 0.118. The number of pyridine rings is 1. The number of carbonyl (C=O) groups is 1. The molecule has 0 atom stereocenters. The molecule has 5 nitrogen and oxygen atoms in total.